The van der Waals surface area contributed by atoms with E-state index in [1.807, 2.05) is 0 Å². The SMILES string of the molecule is COc1cccc2cc(C(=O)Nc3ccc(Cl)cc3Cl)n(NC(=O)C(=O)Nc3ccc(Cl)cc3)c12. The van der Waals surface area contributed by atoms with Crippen molar-refractivity contribution >= 4 is 74.8 Å². The van der Waals surface area contributed by atoms with Gasteiger partial charge in [-0.3, -0.25) is 19.8 Å². The number of nitrogens with zero attached hydrogens (tertiary/aromatic N) is 1. The predicted molar refractivity (Wildman–Crippen MR) is 137 cm³/mol. The number of ether oxygens (including phenoxy) is 1. The maximum Gasteiger partial charge on any atom is 0.328 e. The second-order valence-corrected chi connectivity index (χ2v) is 8.52. The summed E-state index contributed by atoms with van der Waals surface area (Å²) < 4.78 is 6.60. The van der Waals surface area contributed by atoms with Gasteiger partial charge in [-0.25, -0.2) is 4.68 Å². The third-order valence-electron chi connectivity index (χ3n) is 4.94. The highest BCUT2D eigenvalue weighted by Gasteiger charge is 2.23. The molecule has 4 rings (SSSR count). The number of rotatable bonds is 5. The Bertz CT molecular complexity index is 1450. The van der Waals surface area contributed by atoms with E-state index in [1.54, 1.807) is 60.7 Å². The maximum atomic E-state index is 13.2. The normalized spacial score (nSPS) is 10.6. The summed E-state index contributed by atoms with van der Waals surface area (Å²) in [6.45, 7) is 0. The number of hydrogen-bond acceptors (Lipinski definition) is 4. The standard InChI is InChI=1S/C24H17Cl3N4O4/c1-35-20-4-2-3-13-11-19(22(32)29-18-10-7-15(26)12-17(18)27)31(21(13)20)30-24(34)23(33)28-16-8-5-14(25)6-9-16/h2-12H,1H3,(H,28,33)(H,29,32)(H,30,34). The molecule has 3 amide bonds. The molecule has 0 bridgehead atoms. The smallest absolute Gasteiger partial charge is 0.328 e. The van der Waals surface area contributed by atoms with Crippen LogP contribution in [0.4, 0.5) is 11.4 Å². The molecule has 4 aromatic rings. The molecule has 0 saturated heterocycles. The van der Waals surface area contributed by atoms with Crippen LogP contribution in [-0.2, 0) is 9.59 Å². The van der Waals surface area contributed by atoms with Gasteiger partial charge in [0.2, 0.25) is 0 Å². The van der Waals surface area contributed by atoms with Gasteiger partial charge in [-0.2, -0.15) is 0 Å². The fourth-order valence-corrected chi connectivity index (χ4v) is 3.91. The van der Waals surface area contributed by atoms with Crippen molar-refractivity contribution in [3.8, 4) is 5.75 Å². The van der Waals surface area contributed by atoms with E-state index < -0.39 is 17.7 Å². The van der Waals surface area contributed by atoms with E-state index in [9.17, 15) is 14.4 Å². The Labute approximate surface area is 214 Å². The highest BCUT2D eigenvalue weighted by atomic mass is 35.5. The third kappa shape index (κ3) is 5.35. The largest absolute Gasteiger partial charge is 0.494 e. The molecular weight excluding hydrogens is 515 g/mol. The van der Waals surface area contributed by atoms with Gasteiger partial charge in [-0.15, -0.1) is 0 Å². The summed E-state index contributed by atoms with van der Waals surface area (Å²) in [4.78, 5) is 38.5. The lowest BCUT2D eigenvalue weighted by atomic mass is 10.2. The van der Waals surface area contributed by atoms with Gasteiger partial charge in [0.25, 0.3) is 5.91 Å². The van der Waals surface area contributed by atoms with Crippen molar-refractivity contribution in [1.29, 1.82) is 0 Å². The van der Waals surface area contributed by atoms with Crippen LogP contribution < -0.4 is 20.8 Å². The Morgan fingerprint density at radius 2 is 1.54 bits per heavy atom. The van der Waals surface area contributed by atoms with Crippen LogP contribution in [0.2, 0.25) is 15.1 Å². The molecule has 1 heterocycles. The van der Waals surface area contributed by atoms with Crippen LogP contribution >= 0.6 is 34.8 Å². The van der Waals surface area contributed by atoms with Crippen LogP contribution in [0.1, 0.15) is 10.5 Å². The van der Waals surface area contributed by atoms with Gasteiger partial charge in [-0.05, 0) is 54.6 Å². The molecule has 3 N–H and O–H groups in total. The average molecular weight is 532 g/mol. The minimum atomic E-state index is -1.01. The van der Waals surface area contributed by atoms with Crippen molar-refractivity contribution in [2.75, 3.05) is 23.2 Å². The molecule has 35 heavy (non-hydrogen) atoms. The zero-order chi connectivity index (χ0) is 25.1. The topological polar surface area (TPSA) is 101 Å². The molecule has 1 aromatic heterocycles. The van der Waals surface area contributed by atoms with Gasteiger partial charge in [0, 0.05) is 21.1 Å². The Morgan fingerprint density at radius 3 is 2.23 bits per heavy atom. The molecule has 178 valence electrons. The second-order valence-electron chi connectivity index (χ2n) is 7.24. The fourth-order valence-electron chi connectivity index (χ4n) is 3.33. The maximum absolute atomic E-state index is 13.2. The minimum absolute atomic E-state index is 0.0307. The molecule has 0 saturated carbocycles. The summed E-state index contributed by atoms with van der Waals surface area (Å²) in [5.74, 6) is -2.17. The van der Waals surface area contributed by atoms with Gasteiger partial charge in [0.05, 0.1) is 17.8 Å². The number of hydrogen-bond donors (Lipinski definition) is 3. The van der Waals surface area contributed by atoms with Gasteiger partial charge in [0.1, 0.15) is 17.0 Å². The monoisotopic (exact) mass is 530 g/mol. The van der Waals surface area contributed by atoms with Crippen molar-refractivity contribution in [3.05, 3.63) is 87.5 Å². The number of fused-ring (bicyclic) bond motifs is 1. The highest BCUT2D eigenvalue weighted by molar-refractivity contribution is 6.42. The van der Waals surface area contributed by atoms with Crippen LogP contribution in [0.5, 0.6) is 5.75 Å². The van der Waals surface area contributed by atoms with Gasteiger partial charge in [-0.1, -0.05) is 46.9 Å². The number of carbonyl (C=O) groups is 3. The number of amides is 3. The number of carbonyl (C=O) groups excluding carboxylic acids is 3. The third-order valence-corrected chi connectivity index (χ3v) is 5.74. The van der Waals surface area contributed by atoms with E-state index in [0.717, 1.165) is 0 Å². The van der Waals surface area contributed by atoms with Crippen molar-refractivity contribution in [2.45, 2.75) is 0 Å². The van der Waals surface area contributed by atoms with Crippen LogP contribution in [0.3, 0.4) is 0 Å². The van der Waals surface area contributed by atoms with Gasteiger partial charge in [0.15, 0.2) is 0 Å². The first-order valence-corrected chi connectivity index (χ1v) is 11.2. The fraction of sp³-hybridized carbons (Fsp3) is 0.0417. The van der Waals surface area contributed by atoms with E-state index in [-0.39, 0.29) is 10.7 Å². The molecule has 0 aliphatic heterocycles. The van der Waals surface area contributed by atoms with E-state index in [1.165, 1.54) is 17.9 Å². The summed E-state index contributed by atoms with van der Waals surface area (Å²) in [6.07, 6.45) is 0. The molecule has 0 fully saturated rings. The highest BCUT2D eigenvalue weighted by Crippen LogP contribution is 2.30. The first-order chi connectivity index (χ1) is 16.8. The summed E-state index contributed by atoms with van der Waals surface area (Å²) in [7, 11) is 1.45. The van der Waals surface area contributed by atoms with E-state index >= 15 is 0 Å². The lowest BCUT2D eigenvalue weighted by Crippen LogP contribution is -2.36. The number of methoxy groups -OCH3 is 1. The molecule has 0 radical (unpaired) electrons. The minimum Gasteiger partial charge on any atom is -0.494 e. The van der Waals surface area contributed by atoms with Crippen LogP contribution in [0.25, 0.3) is 10.9 Å². The molecule has 0 spiro atoms. The molecule has 0 unspecified atom stereocenters. The molecule has 11 heteroatoms. The zero-order valence-corrected chi connectivity index (χ0v) is 20.3. The van der Waals surface area contributed by atoms with Crippen LogP contribution in [0.15, 0.2) is 66.7 Å². The number of nitrogens with one attached hydrogen (secondary N) is 3. The molecular formula is C24H17Cl3N4O4. The number of para-hydroxylation sites is 1. The predicted octanol–water partition coefficient (Wildman–Crippen LogP) is 5.57. The average Bonchev–Trinajstić information content (AvgIpc) is 3.21. The molecule has 0 aliphatic rings. The van der Waals surface area contributed by atoms with E-state index in [0.29, 0.717) is 38.1 Å². The van der Waals surface area contributed by atoms with Crippen molar-refractivity contribution < 1.29 is 19.1 Å². The second kappa shape index (κ2) is 10.3. The Hall–Kier alpha value is -3.72. The summed E-state index contributed by atoms with van der Waals surface area (Å²) in [6, 6.07) is 17.5. The Balaban J connectivity index is 1.67. The lowest BCUT2D eigenvalue weighted by molar-refractivity contribution is -0.133. The summed E-state index contributed by atoms with van der Waals surface area (Å²) >= 11 is 18.0. The molecule has 8 nitrogen and oxygen atoms in total. The summed E-state index contributed by atoms with van der Waals surface area (Å²) in [5, 5.41) is 6.88. The first-order valence-electron chi connectivity index (χ1n) is 10.1. The van der Waals surface area contributed by atoms with Crippen molar-refractivity contribution in [1.82, 2.24) is 4.68 Å². The van der Waals surface area contributed by atoms with Crippen LogP contribution in [-0.4, -0.2) is 29.5 Å². The number of aromatic nitrogens is 1. The van der Waals surface area contributed by atoms with Gasteiger partial charge >= 0.3 is 11.8 Å². The number of anilines is 2. The van der Waals surface area contributed by atoms with Crippen LogP contribution in [0, 0.1) is 0 Å². The van der Waals surface area contributed by atoms with E-state index in [2.05, 4.69) is 16.1 Å². The molecule has 0 atom stereocenters. The quantitative estimate of drug-likeness (QED) is 0.293. The molecule has 0 aliphatic carbocycles. The Kier molecular flexibility index (Phi) is 7.16. The van der Waals surface area contributed by atoms with Crippen molar-refractivity contribution in [2.24, 2.45) is 0 Å². The van der Waals surface area contributed by atoms with E-state index in [4.69, 9.17) is 39.5 Å². The zero-order valence-electron chi connectivity index (χ0n) is 18.1. The van der Waals surface area contributed by atoms with Gasteiger partial charge < -0.3 is 15.4 Å². The summed E-state index contributed by atoms with van der Waals surface area (Å²) in [5.41, 5.74) is 3.58. The first kappa shape index (κ1) is 24.4. The molecule has 3 aromatic carbocycles. The number of halogens is 3. The Morgan fingerprint density at radius 1 is 0.829 bits per heavy atom. The van der Waals surface area contributed by atoms with Crippen molar-refractivity contribution in [3.63, 3.8) is 0 Å². The lowest BCUT2D eigenvalue weighted by Gasteiger charge is -2.14. The number of benzene rings is 3.